The summed E-state index contributed by atoms with van der Waals surface area (Å²) in [5.74, 6) is 0. The van der Waals surface area contributed by atoms with E-state index in [0.717, 1.165) is 32.7 Å². The van der Waals surface area contributed by atoms with Crippen LogP contribution in [0.1, 0.15) is 32.9 Å². The Hall–Kier alpha value is -1.32. The van der Waals surface area contributed by atoms with Crippen LogP contribution in [-0.4, -0.2) is 23.8 Å². The van der Waals surface area contributed by atoms with Gasteiger partial charge in [-0.25, -0.2) is 0 Å². The molecule has 0 aliphatic rings. The van der Waals surface area contributed by atoms with E-state index in [4.69, 9.17) is 4.74 Å². The van der Waals surface area contributed by atoms with Gasteiger partial charge < -0.3 is 14.6 Å². The summed E-state index contributed by atoms with van der Waals surface area (Å²) in [6.07, 6.45) is 1.45. The lowest BCUT2D eigenvalue weighted by atomic mass is 10.2. The number of hydrogen-bond acceptors (Lipinski definition) is 2. The van der Waals surface area contributed by atoms with Gasteiger partial charge in [0, 0.05) is 24.3 Å². The smallest absolute Gasteiger partial charge is 0.0649 e. The molecule has 0 atom stereocenters. The fourth-order valence-electron chi connectivity index (χ4n) is 2.45. The maximum Gasteiger partial charge on any atom is 0.0649 e. The monoisotopic (exact) mass is 274 g/mol. The highest BCUT2D eigenvalue weighted by molar-refractivity contribution is 5.81. The van der Waals surface area contributed by atoms with Gasteiger partial charge in [0.05, 0.1) is 12.7 Å². The SMILES string of the molecule is CCCNCc1cc2ccccc2n1CCOC(C)C. The van der Waals surface area contributed by atoms with E-state index in [1.54, 1.807) is 0 Å². The van der Waals surface area contributed by atoms with Crippen LogP contribution in [-0.2, 0) is 17.8 Å². The molecule has 3 heteroatoms. The maximum atomic E-state index is 5.70. The number of ether oxygens (including phenoxy) is 1. The Balaban J connectivity index is 2.15. The predicted octanol–water partition coefficient (Wildman–Crippen LogP) is 3.57. The van der Waals surface area contributed by atoms with Crippen LogP contribution in [0.15, 0.2) is 30.3 Å². The maximum absolute atomic E-state index is 5.70. The minimum atomic E-state index is 0.290. The molecule has 3 nitrogen and oxygen atoms in total. The second-order valence-electron chi connectivity index (χ2n) is 5.44. The van der Waals surface area contributed by atoms with E-state index in [1.807, 2.05) is 0 Å². The molecule has 1 aromatic carbocycles. The Bertz CT molecular complexity index is 531. The van der Waals surface area contributed by atoms with Crippen LogP contribution in [0, 0.1) is 0 Å². The molecule has 0 aliphatic carbocycles. The molecule has 0 bridgehead atoms. The highest BCUT2D eigenvalue weighted by atomic mass is 16.5. The summed E-state index contributed by atoms with van der Waals surface area (Å²) in [4.78, 5) is 0. The first kappa shape index (κ1) is 15.1. The molecule has 110 valence electrons. The van der Waals surface area contributed by atoms with Gasteiger partial charge in [-0.3, -0.25) is 0 Å². The number of benzene rings is 1. The Morgan fingerprint density at radius 2 is 2.05 bits per heavy atom. The van der Waals surface area contributed by atoms with Crippen molar-refractivity contribution in [1.82, 2.24) is 9.88 Å². The van der Waals surface area contributed by atoms with E-state index in [2.05, 4.69) is 61.0 Å². The van der Waals surface area contributed by atoms with Crippen molar-refractivity contribution in [2.24, 2.45) is 0 Å². The predicted molar refractivity (Wildman–Crippen MR) is 85.0 cm³/mol. The molecule has 0 aliphatic heterocycles. The quantitative estimate of drug-likeness (QED) is 0.745. The number of nitrogens with one attached hydrogen (secondary N) is 1. The molecule has 0 saturated heterocycles. The van der Waals surface area contributed by atoms with Crippen molar-refractivity contribution in [2.45, 2.75) is 46.4 Å². The molecule has 0 radical (unpaired) electrons. The van der Waals surface area contributed by atoms with Crippen molar-refractivity contribution >= 4 is 10.9 Å². The summed E-state index contributed by atoms with van der Waals surface area (Å²) >= 11 is 0. The fraction of sp³-hybridized carbons (Fsp3) is 0.529. The number of nitrogens with zero attached hydrogens (tertiary/aromatic N) is 1. The van der Waals surface area contributed by atoms with Crippen molar-refractivity contribution < 1.29 is 4.74 Å². The third kappa shape index (κ3) is 3.84. The number of hydrogen-bond donors (Lipinski definition) is 1. The molecule has 2 rings (SSSR count). The van der Waals surface area contributed by atoms with Crippen molar-refractivity contribution in [3.8, 4) is 0 Å². The first-order valence-corrected chi connectivity index (χ1v) is 7.61. The van der Waals surface area contributed by atoms with E-state index < -0.39 is 0 Å². The van der Waals surface area contributed by atoms with Crippen molar-refractivity contribution in [1.29, 1.82) is 0 Å². The van der Waals surface area contributed by atoms with Crippen LogP contribution in [0.4, 0.5) is 0 Å². The van der Waals surface area contributed by atoms with Gasteiger partial charge in [0.2, 0.25) is 0 Å². The molecule has 0 saturated carbocycles. The molecule has 20 heavy (non-hydrogen) atoms. The molecule has 1 aromatic heterocycles. The van der Waals surface area contributed by atoms with Gasteiger partial charge in [-0.1, -0.05) is 25.1 Å². The standard InChI is InChI=1S/C17H26N2O/c1-4-9-18-13-16-12-15-7-5-6-8-17(15)19(16)10-11-20-14(2)3/h5-8,12,14,18H,4,9-11,13H2,1-3H3. The third-order valence-corrected chi connectivity index (χ3v) is 3.40. The van der Waals surface area contributed by atoms with Crippen LogP contribution in [0.3, 0.4) is 0 Å². The Morgan fingerprint density at radius 3 is 2.80 bits per heavy atom. The average molecular weight is 274 g/mol. The van der Waals surface area contributed by atoms with Crippen molar-refractivity contribution in [2.75, 3.05) is 13.2 Å². The number of rotatable bonds is 8. The molecular weight excluding hydrogens is 248 g/mol. The molecule has 0 fully saturated rings. The molecule has 0 amide bonds. The van der Waals surface area contributed by atoms with E-state index in [1.165, 1.54) is 16.6 Å². The molecule has 1 heterocycles. The minimum Gasteiger partial charge on any atom is -0.377 e. The Labute approximate surface area is 121 Å². The highest BCUT2D eigenvalue weighted by Gasteiger charge is 2.08. The zero-order valence-corrected chi connectivity index (χ0v) is 12.9. The van der Waals surface area contributed by atoms with E-state index in [-0.39, 0.29) is 0 Å². The molecule has 2 aromatic rings. The van der Waals surface area contributed by atoms with Crippen molar-refractivity contribution in [3.63, 3.8) is 0 Å². The second kappa shape index (κ2) is 7.46. The van der Waals surface area contributed by atoms with E-state index in [0.29, 0.717) is 6.10 Å². The molecular formula is C17H26N2O. The van der Waals surface area contributed by atoms with Gasteiger partial charge in [0.15, 0.2) is 0 Å². The summed E-state index contributed by atoms with van der Waals surface area (Å²) in [5.41, 5.74) is 2.64. The second-order valence-corrected chi connectivity index (χ2v) is 5.44. The molecule has 0 spiro atoms. The van der Waals surface area contributed by atoms with Gasteiger partial charge in [0.25, 0.3) is 0 Å². The fourth-order valence-corrected chi connectivity index (χ4v) is 2.45. The number of para-hydroxylation sites is 1. The van der Waals surface area contributed by atoms with Crippen LogP contribution in [0.2, 0.25) is 0 Å². The summed E-state index contributed by atoms with van der Waals surface area (Å²) in [6, 6.07) is 10.9. The minimum absolute atomic E-state index is 0.290. The number of fused-ring (bicyclic) bond motifs is 1. The van der Waals surface area contributed by atoms with Gasteiger partial charge in [0.1, 0.15) is 0 Å². The van der Waals surface area contributed by atoms with E-state index >= 15 is 0 Å². The summed E-state index contributed by atoms with van der Waals surface area (Å²) < 4.78 is 8.08. The van der Waals surface area contributed by atoms with Crippen LogP contribution >= 0.6 is 0 Å². The van der Waals surface area contributed by atoms with Crippen LogP contribution in [0.25, 0.3) is 10.9 Å². The summed E-state index contributed by atoms with van der Waals surface area (Å²) in [5, 5.41) is 4.80. The first-order valence-electron chi connectivity index (χ1n) is 7.61. The molecule has 0 unspecified atom stereocenters. The average Bonchev–Trinajstić information content (AvgIpc) is 2.77. The van der Waals surface area contributed by atoms with Gasteiger partial charge in [-0.05, 0) is 44.3 Å². The summed E-state index contributed by atoms with van der Waals surface area (Å²) in [6.45, 7) is 10.0. The van der Waals surface area contributed by atoms with Gasteiger partial charge in [-0.2, -0.15) is 0 Å². The van der Waals surface area contributed by atoms with Crippen LogP contribution in [0.5, 0.6) is 0 Å². The van der Waals surface area contributed by atoms with Crippen LogP contribution < -0.4 is 5.32 Å². The summed E-state index contributed by atoms with van der Waals surface area (Å²) in [7, 11) is 0. The lowest BCUT2D eigenvalue weighted by molar-refractivity contribution is 0.0729. The zero-order chi connectivity index (χ0) is 14.4. The zero-order valence-electron chi connectivity index (χ0n) is 12.9. The Kier molecular flexibility index (Phi) is 5.62. The number of aromatic nitrogens is 1. The van der Waals surface area contributed by atoms with Gasteiger partial charge in [-0.15, -0.1) is 0 Å². The highest BCUT2D eigenvalue weighted by Crippen LogP contribution is 2.19. The largest absolute Gasteiger partial charge is 0.377 e. The van der Waals surface area contributed by atoms with Gasteiger partial charge >= 0.3 is 0 Å². The van der Waals surface area contributed by atoms with Crippen molar-refractivity contribution in [3.05, 3.63) is 36.0 Å². The normalized spacial score (nSPS) is 11.6. The van der Waals surface area contributed by atoms with E-state index in [9.17, 15) is 0 Å². The Morgan fingerprint density at radius 1 is 1.25 bits per heavy atom. The lowest BCUT2D eigenvalue weighted by Crippen LogP contribution is -2.18. The third-order valence-electron chi connectivity index (χ3n) is 3.40. The molecule has 1 N–H and O–H groups in total. The first-order chi connectivity index (χ1) is 9.72. The lowest BCUT2D eigenvalue weighted by Gasteiger charge is -2.13. The topological polar surface area (TPSA) is 26.2 Å².